The van der Waals surface area contributed by atoms with E-state index in [1.54, 1.807) is 0 Å². The summed E-state index contributed by atoms with van der Waals surface area (Å²) >= 11 is 31.8. The van der Waals surface area contributed by atoms with E-state index in [2.05, 4.69) is 294 Å². The Bertz CT molecular complexity index is 289. The largest absolute Gasteiger partial charge is 0.370 e. The molecule has 0 saturated heterocycles. The van der Waals surface area contributed by atoms with Crippen molar-refractivity contribution in [1.29, 1.82) is 0 Å². The monoisotopic (exact) mass is 1740 g/mol. The second kappa shape index (κ2) is 10.4. The van der Waals surface area contributed by atoms with Crippen molar-refractivity contribution in [3.05, 3.63) is 0 Å². The molecule has 1 unspecified atom stereocenters. The van der Waals surface area contributed by atoms with Gasteiger partial charge in [0, 0.05) is 0 Å². The Hall–Kier alpha value is 9.45. The molecule has 20 heavy (non-hydrogen) atoms. The summed E-state index contributed by atoms with van der Waals surface area (Å²) in [4.78, 5) is 0. The minimum atomic E-state index is -0.895. The molecule has 122 valence electrons. The van der Waals surface area contributed by atoms with Crippen molar-refractivity contribution in [2.24, 2.45) is 0 Å². The minimum Gasteiger partial charge on any atom is -0.370 e. The number of hydrogen-bond donors (Lipinski definition) is 1. The van der Waals surface area contributed by atoms with Gasteiger partial charge in [-0.2, -0.15) is 0 Å². The number of hydrogen-bond acceptors (Lipinski definition) is 1. The Kier molecular flexibility index (Phi) is 15.3. The normalized spacial score (nSPS) is 18.9. The Balaban J connectivity index is 6.71. The van der Waals surface area contributed by atoms with Gasteiger partial charge in [-0.1, -0.05) is 248 Å². The Morgan fingerprint density at radius 3 is 0.650 bits per heavy atom. The molecule has 0 aliphatic carbocycles. The van der Waals surface area contributed by atoms with E-state index in [4.69, 9.17) is 0 Å². The van der Waals surface area contributed by atoms with Crippen LogP contribution < -0.4 is 0 Å². The lowest BCUT2D eigenvalue weighted by Gasteiger charge is -2.58. The van der Waals surface area contributed by atoms with E-state index in [0.29, 0.717) is 0 Å². The third-order valence-corrected chi connectivity index (χ3v) is 28.2. The molecule has 0 fully saturated rings. The van der Waals surface area contributed by atoms with Gasteiger partial charge >= 0.3 is 0 Å². The quantitative estimate of drug-likeness (QED) is 0.215. The lowest BCUT2D eigenvalue weighted by atomic mass is 9.98. The summed E-state index contributed by atoms with van der Waals surface area (Å²) in [6.45, 7) is 0. The predicted octanol–water partition coefficient (Wildman–Crippen LogP) is 9.73. The van der Waals surface area contributed by atoms with E-state index >= 15 is 0 Å². The Morgan fingerprint density at radius 2 is 0.600 bits per heavy atom. The first-order valence-electron chi connectivity index (χ1n) is 3.93. The van der Waals surface area contributed by atoms with Crippen molar-refractivity contribution in [3.63, 3.8) is 0 Å². The van der Waals surface area contributed by atoms with Crippen molar-refractivity contribution in [2.75, 3.05) is 0 Å². The maximum atomic E-state index is 11.1. The van der Waals surface area contributed by atoms with E-state index in [0.717, 1.165) is 0 Å². The average molecular weight is 1740 g/mol. The zero-order valence-corrected chi connectivity index (χ0v) is 36.4. The van der Waals surface area contributed by atoms with Gasteiger partial charge in [0.2, 0.25) is 0 Å². The first-order valence-corrected chi connectivity index (χ1v) is 18.0. The molecule has 1 atom stereocenters. The van der Waals surface area contributed by atoms with Gasteiger partial charge in [0.15, 0.2) is 1.61 Å². The Morgan fingerprint density at radius 1 is 0.400 bits per heavy atom. The van der Waals surface area contributed by atoms with Gasteiger partial charge in [0.1, 0.15) is 5.15 Å². The van der Waals surface area contributed by atoms with E-state index < -0.39 is 5.04 Å². The molecule has 0 aliphatic heterocycles. The molecule has 0 aromatic rings. The second-order valence-electron chi connectivity index (χ2n) is 3.35. The molecule has 0 amide bonds. The van der Waals surface area contributed by atoms with E-state index in [-0.39, 0.29) is 1.73 Å². The van der Waals surface area contributed by atoms with Crippen LogP contribution >= 0.6 is 294 Å². The smallest absolute Gasteiger partial charge is 0.185 e. The van der Waals surface area contributed by atoms with Crippen LogP contribution in [0.4, 0.5) is 0 Å². The van der Waals surface area contributed by atoms with E-state index in [1.807, 2.05) is 0 Å². The van der Waals surface area contributed by atoms with Crippen molar-refractivity contribution in [3.8, 4) is 0 Å². The summed E-state index contributed by atoms with van der Waals surface area (Å²) < 4.78 is -1.84. The summed E-state index contributed by atoms with van der Waals surface area (Å²) in [5.41, 5.74) is 0. The molecular formula is C6HI13O. The SMILES string of the molecule is OC(I)(I)C(I)(C(I)(I)I)C(I)(C(I)(I)I)C(I)(I)I. The molecule has 0 spiro atoms. The van der Waals surface area contributed by atoms with Crippen molar-refractivity contribution in [2.45, 2.75) is 6.76 Å². The topological polar surface area (TPSA) is 20.2 Å². The van der Waals surface area contributed by atoms with Gasteiger partial charge in [-0.15, -0.1) is 0 Å². The van der Waals surface area contributed by atoms with E-state index in [1.165, 1.54) is 0 Å². The number of rotatable bonds is 5. The fraction of sp³-hybridized carbons (Fsp3) is 1.00. The molecule has 1 N–H and O–H groups in total. The lowest BCUT2D eigenvalue weighted by molar-refractivity contribution is 0.216. The van der Waals surface area contributed by atoms with Crippen LogP contribution in [-0.4, -0.2) is 11.9 Å². The van der Waals surface area contributed by atoms with Crippen LogP contribution in [0.3, 0.4) is 0 Å². The molecule has 0 radical (unpaired) electrons. The summed E-state index contributed by atoms with van der Waals surface area (Å²) in [5, 5.41) is 11.1. The number of halogens is 13. The van der Waals surface area contributed by atoms with Crippen LogP contribution in [0, 0.1) is 0 Å². The van der Waals surface area contributed by atoms with Crippen LogP contribution in [-0.2, 0) is 0 Å². The van der Waals surface area contributed by atoms with Gasteiger partial charge in [0.25, 0.3) is 0 Å². The number of alkyl halides is 13. The van der Waals surface area contributed by atoms with Gasteiger partial charge in [0.05, 0.1) is 0 Å². The predicted molar refractivity (Wildman–Crippen MR) is 201 cm³/mol. The standard InChI is InChI=1S/C6HI13O/c7-1(3(9,10)11,4(12,13)14)2(8,5(15,16)17)6(18,19)20/h20H. The summed E-state index contributed by atoms with van der Waals surface area (Å²) in [6, 6.07) is 0. The summed E-state index contributed by atoms with van der Waals surface area (Å²) in [5.74, 6) is 0. The maximum Gasteiger partial charge on any atom is 0.185 e. The first kappa shape index (κ1) is 29.5. The molecule has 0 bridgehead atoms. The van der Waals surface area contributed by atoms with Crippen LogP contribution in [0.2, 0.25) is 0 Å². The summed E-state index contributed by atoms with van der Waals surface area (Å²) in [7, 11) is 0. The van der Waals surface area contributed by atoms with Gasteiger partial charge in [-0.25, -0.2) is 0 Å². The highest BCUT2D eigenvalue weighted by Gasteiger charge is 2.77. The molecule has 0 aliphatic rings. The zero-order chi connectivity index (χ0) is 17.0. The van der Waals surface area contributed by atoms with Crippen molar-refractivity contribution < 1.29 is 5.11 Å². The average Bonchev–Trinajstić information content (AvgIpc) is 2.07. The van der Waals surface area contributed by atoms with Gasteiger partial charge in [-0.05, 0) is 45.2 Å². The van der Waals surface area contributed by atoms with Crippen LogP contribution in [0.15, 0.2) is 0 Å². The maximum absolute atomic E-state index is 11.1. The van der Waals surface area contributed by atoms with Crippen LogP contribution in [0.5, 0.6) is 0 Å². The molecule has 1 nitrogen and oxygen atoms in total. The third kappa shape index (κ3) is 6.48. The molecule has 0 rings (SSSR count). The highest BCUT2D eigenvalue weighted by Crippen LogP contribution is 2.77. The summed E-state index contributed by atoms with van der Waals surface area (Å²) in [6.07, 6.45) is 0. The molecule has 14 heteroatoms. The molecule has 0 heterocycles. The van der Waals surface area contributed by atoms with E-state index in [9.17, 15) is 5.11 Å². The van der Waals surface area contributed by atoms with Crippen molar-refractivity contribution in [1.82, 2.24) is 0 Å². The fourth-order valence-corrected chi connectivity index (χ4v) is 25.0. The molecular weight excluding hydrogens is 1740 g/mol. The second-order valence-corrected chi connectivity index (χ2v) is 44.9. The van der Waals surface area contributed by atoms with Gasteiger partial charge in [-0.3, -0.25) is 0 Å². The lowest BCUT2D eigenvalue weighted by Crippen LogP contribution is -2.71. The highest BCUT2D eigenvalue weighted by molar-refractivity contribution is 14.3. The third-order valence-electron chi connectivity index (χ3n) is 2.06. The minimum absolute atomic E-state index is 0.0807. The molecule has 0 aromatic carbocycles. The fourth-order valence-electron chi connectivity index (χ4n) is 1.12. The molecule has 0 aromatic heterocycles. The van der Waals surface area contributed by atoms with Crippen molar-refractivity contribution >= 4 is 294 Å². The Labute approximate surface area is 296 Å². The zero-order valence-electron chi connectivity index (χ0n) is 8.36. The van der Waals surface area contributed by atoms with Gasteiger partial charge < -0.3 is 5.11 Å². The first-order chi connectivity index (χ1) is 8.25. The van der Waals surface area contributed by atoms with Crippen LogP contribution in [0.25, 0.3) is 0 Å². The molecule has 0 saturated carbocycles. The number of aliphatic hydroxyl groups is 1. The van der Waals surface area contributed by atoms with Crippen LogP contribution in [0.1, 0.15) is 0 Å². The highest BCUT2D eigenvalue weighted by atomic mass is 127.